The van der Waals surface area contributed by atoms with Gasteiger partial charge in [0.15, 0.2) is 6.29 Å². The number of nitrogens with zero attached hydrogens (tertiary/aromatic N) is 2. The first-order valence-electron chi connectivity index (χ1n) is 9.84. The normalized spacial score (nSPS) is 12.2. The minimum Gasteiger partial charge on any atom is -0.367 e. The van der Waals surface area contributed by atoms with Gasteiger partial charge >= 0.3 is 6.18 Å². The van der Waals surface area contributed by atoms with Crippen LogP contribution in [-0.2, 0) is 18.5 Å². The molecule has 0 saturated carbocycles. The average Bonchev–Trinajstić information content (AvgIpc) is 3.24. The number of thiazole rings is 1. The lowest BCUT2D eigenvalue weighted by molar-refractivity contribution is -0.137. The zero-order valence-corrected chi connectivity index (χ0v) is 19.0. The molecule has 4 nitrogen and oxygen atoms in total. The Morgan fingerprint density at radius 2 is 1.78 bits per heavy atom. The molecule has 2 aromatic heterocycles. The smallest absolute Gasteiger partial charge is 0.367 e. The summed E-state index contributed by atoms with van der Waals surface area (Å²) in [5.41, 5.74) is 2.77. The molecule has 0 atom stereocenters. The summed E-state index contributed by atoms with van der Waals surface area (Å²) in [6.45, 7) is 3.96. The molecule has 4 rings (SSSR count). The molecule has 0 spiro atoms. The molecule has 0 fully saturated rings. The molecule has 2 N–H and O–H groups in total. The minimum atomic E-state index is -4.35. The lowest BCUT2D eigenvalue weighted by atomic mass is 10.1. The van der Waals surface area contributed by atoms with Crippen LogP contribution in [0.2, 0.25) is 0 Å². The van der Waals surface area contributed by atoms with Crippen LogP contribution in [0.4, 0.5) is 13.2 Å². The molecular weight excluding hydrogens is 457 g/mol. The largest absolute Gasteiger partial charge is 0.416 e. The van der Waals surface area contributed by atoms with E-state index in [1.807, 2.05) is 36.6 Å². The number of benzene rings is 2. The fraction of sp³-hybridized carbons (Fsp3) is 0.261. The first-order valence-corrected chi connectivity index (χ1v) is 11.6. The maximum atomic E-state index is 12.8. The summed E-state index contributed by atoms with van der Waals surface area (Å²) < 4.78 is 40.2. The van der Waals surface area contributed by atoms with Crippen molar-refractivity contribution in [1.29, 1.82) is 0 Å². The average molecular weight is 479 g/mol. The number of aliphatic hydroxyl groups excluding tert-OH is 1. The van der Waals surface area contributed by atoms with Crippen LogP contribution in [0.15, 0.2) is 53.4 Å². The molecule has 4 aromatic rings. The first kappa shape index (κ1) is 22.8. The molecule has 0 bridgehead atoms. The SMILES string of the molecule is Cc1nc(-c2ccc(C(F)(F)F)cc2)sc1CSc1ccc2c(c1)cc(C)n2CC(O)O. The first-order chi connectivity index (χ1) is 15.1. The van der Waals surface area contributed by atoms with Crippen molar-refractivity contribution >= 4 is 34.0 Å². The van der Waals surface area contributed by atoms with E-state index in [4.69, 9.17) is 0 Å². The van der Waals surface area contributed by atoms with E-state index in [0.29, 0.717) is 16.3 Å². The third kappa shape index (κ3) is 4.85. The third-order valence-corrected chi connectivity index (χ3v) is 7.56. The fourth-order valence-corrected chi connectivity index (χ4v) is 5.68. The van der Waals surface area contributed by atoms with Gasteiger partial charge in [0.25, 0.3) is 0 Å². The zero-order chi connectivity index (χ0) is 23.0. The maximum Gasteiger partial charge on any atom is 0.416 e. The summed E-state index contributed by atoms with van der Waals surface area (Å²) in [4.78, 5) is 6.69. The predicted octanol–water partition coefficient (Wildman–Crippen LogP) is 6.00. The van der Waals surface area contributed by atoms with E-state index in [9.17, 15) is 23.4 Å². The molecule has 0 aliphatic carbocycles. The highest BCUT2D eigenvalue weighted by atomic mass is 32.2. The molecule has 32 heavy (non-hydrogen) atoms. The Morgan fingerprint density at radius 3 is 2.44 bits per heavy atom. The molecule has 0 unspecified atom stereocenters. The number of aromatic nitrogens is 2. The van der Waals surface area contributed by atoms with E-state index in [1.54, 1.807) is 11.8 Å². The van der Waals surface area contributed by atoms with Crippen molar-refractivity contribution in [2.45, 2.75) is 43.5 Å². The lowest BCUT2D eigenvalue weighted by Crippen LogP contribution is -2.15. The number of thioether (sulfide) groups is 1. The molecule has 0 amide bonds. The Bertz CT molecular complexity index is 1240. The van der Waals surface area contributed by atoms with Crippen LogP contribution in [0.1, 0.15) is 21.8 Å². The van der Waals surface area contributed by atoms with Gasteiger partial charge in [-0.05, 0) is 50.2 Å². The second-order valence-corrected chi connectivity index (χ2v) is 9.62. The van der Waals surface area contributed by atoms with Crippen LogP contribution in [0.5, 0.6) is 0 Å². The monoisotopic (exact) mass is 478 g/mol. The van der Waals surface area contributed by atoms with Gasteiger partial charge in [-0.3, -0.25) is 0 Å². The van der Waals surface area contributed by atoms with E-state index in [0.717, 1.165) is 44.2 Å². The summed E-state index contributed by atoms with van der Waals surface area (Å²) >= 11 is 3.15. The number of fused-ring (bicyclic) bond motifs is 1. The minimum absolute atomic E-state index is 0.120. The quantitative estimate of drug-likeness (QED) is 0.264. The fourth-order valence-electron chi connectivity index (χ4n) is 3.52. The Balaban J connectivity index is 1.50. The summed E-state index contributed by atoms with van der Waals surface area (Å²) in [7, 11) is 0. The van der Waals surface area contributed by atoms with E-state index >= 15 is 0 Å². The summed E-state index contributed by atoms with van der Waals surface area (Å²) in [6.07, 6.45) is -5.76. The highest BCUT2D eigenvalue weighted by molar-refractivity contribution is 7.98. The summed E-state index contributed by atoms with van der Waals surface area (Å²) in [6, 6.07) is 13.1. The number of aryl methyl sites for hydroxylation is 2. The number of hydrogen-bond donors (Lipinski definition) is 2. The highest BCUT2D eigenvalue weighted by Gasteiger charge is 2.30. The van der Waals surface area contributed by atoms with Crippen molar-refractivity contribution in [3.05, 3.63) is 70.4 Å². The van der Waals surface area contributed by atoms with Gasteiger partial charge in [-0.15, -0.1) is 23.1 Å². The zero-order valence-electron chi connectivity index (χ0n) is 17.3. The number of alkyl halides is 3. The molecule has 9 heteroatoms. The summed E-state index contributed by atoms with van der Waals surface area (Å²) in [5, 5.41) is 20.4. The van der Waals surface area contributed by atoms with E-state index in [1.165, 1.54) is 23.5 Å². The number of halogens is 3. The van der Waals surface area contributed by atoms with Crippen LogP contribution < -0.4 is 0 Å². The van der Waals surface area contributed by atoms with Crippen molar-refractivity contribution in [2.24, 2.45) is 0 Å². The van der Waals surface area contributed by atoms with Crippen LogP contribution >= 0.6 is 23.1 Å². The van der Waals surface area contributed by atoms with E-state index < -0.39 is 18.0 Å². The number of rotatable bonds is 6. The van der Waals surface area contributed by atoms with Gasteiger partial charge in [0, 0.05) is 37.7 Å². The second-order valence-electron chi connectivity index (χ2n) is 7.49. The van der Waals surface area contributed by atoms with Crippen LogP contribution in [0.3, 0.4) is 0 Å². The Morgan fingerprint density at radius 1 is 1.06 bits per heavy atom. The van der Waals surface area contributed by atoms with Gasteiger partial charge in [0.2, 0.25) is 0 Å². The van der Waals surface area contributed by atoms with Crippen molar-refractivity contribution in [1.82, 2.24) is 9.55 Å². The molecule has 2 heterocycles. The van der Waals surface area contributed by atoms with Crippen molar-refractivity contribution < 1.29 is 23.4 Å². The van der Waals surface area contributed by atoms with Gasteiger partial charge in [0.05, 0.1) is 17.8 Å². The molecule has 0 radical (unpaired) electrons. The topological polar surface area (TPSA) is 58.3 Å². The van der Waals surface area contributed by atoms with E-state index in [2.05, 4.69) is 11.1 Å². The van der Waals surface area contributed by atoms with Gasteiger partial charge in [0.1, 0.15) is 5.01 Å². The Labute approximate surface area is 191 Å². The second kappa shape index (κ2) is 8.90. The van der Waals surface area contributed by atoms with E-state index in [-0.39, 0.29) is 6.54 Å². The number of hydrogen-bond acceptors (Lipinski definition) is 5. The van der Waals surface area contributed by atoms with Gasteiger partial charge in [-0.1, -0.05) is 12.1 Å². The van der Waals surface area contributed by atoms with Crippen molar-refractivity contribution in [3.63, 3.8) is 0 Å². The van der Waals surface area contributed by atoms with Crippen LogP contribution in [0, 0.1) is 13.8 Å². The molecule has 168 valence electrons. The maximum absolute atomic E-state index is 12.8. The molecule has 0 aliphatic rings. The molecule has 0 saturated heterocycles. The van der Waals surface area contributed by atoms with Crippen LogP contribution in [-0.4, -0.2) is 26.1 Å². The highest BCUT2D eigenvalue weighted by Crippen LogP contribution is 2.35. The van der Waals surface area contributed by atoms with Crippen LogP contribution in [0.25, 0.3) is 21.5 Å². The van der Waals surface area contributed by atoms with Crippen molar-refractivity contribution in [3.8, 4) is 10.6 Å². The molecule has 2 aromatic carbocycles. The van der Waals surface area contributed by atoms with Crippen molar-refractivity contribution in [2.75, 3.05) is 0 Å². The molecular formula is C23H21F3N2O2S2. The molecule has 0 aliphatic heterocycles. The number of aliphatic hydroxyl groups is 2. The predicted molar refractivity (Wildman–Crippen MR) is 122 cm³/mol. The lowest BCUT2D eigenvalue weighted by Gasteiger charge is -2.10. The Kier molecular flexibility index (Phi) is 6.35. The standard InChI is InChI=1S/C23H21F3N2O2S2/c1-13-9-16-10-18(7-8-19(16)28(13)11-21(29)30)31-12-20-14(2)27-22(32-20)15-3-5-17(6-4-15)23(24,25)26/h3-10,21,29-30H,11-12H2,1-2H3. The van der Waals surface area contributed by atoms with Gasteiger partial charge < -0.3 is 14.8 Å². The Hall–Kier alpha value is -2.33. The van der Waals surface area contributed by atoms with Gasteiger partial charge in [-0.2, -0.15) is 13.2 Å². The van der Waals surface area contributed by atoms with Gasteiger partial charge in [-0.25, -0.2) is 4.98 Å². The third-order valence-electron chi connectivity index (χ3n) is 5.15. The summed E-state index contributed by atoms with van der Waals surface area (Å²) in [5.74, 6) is 0.699.